The van der Waals surface area contributed by atoms with E-state index in [1.807, 2.05) is 30.3 Å². The number of amides is 2. The van der Waals surface area contributed by atoms with E-state index in [0.717, 1.165) is 29.9 Å². The molecule has 2 fully saturated rings. The summed E-state index contributed by atoms with van der Waals surface area (Å²) in [6.45, 7) is 5.00. The van der Waals surface area contributed by atoms with Gasteiger partial charge in [0.25, 0.3) is 0 Å². The van der Waals surface area contributed by atoms with Gasteiger partial charge >= 0.3 is 0 Å². The number of benzene rings is 1. The summed E-state index contributed by atoms with van der Waals surface area (Å²) in [7, 11) is 0. The molecular formula is C22H25N3O2. The molecule has 2 heterocycles. The van der Waals surface area contributed by atoms with E-state index in [-0.39, 0.29) is 11.8 Å². The van der Waals surface area contributed by atoms with Gasteiger partial charge in [-0.15, -0.1) is 0 Å². The molecule has 1 aromatic heterocycles. The number of carbonyl (C=O) groups is 2. The monoisotopic (exact) mass is 363 g/mol. The van der Waals surface area contributed by atoms with Crippen molar-refractivity contribution in [1.29, 1.82) is 0 Å². The highest BCUT2D eigenvalue weighted by molar-refractivity contribution is 6.02. The van der Waals surface area contributed by atoms with Gasteiger partial charge < -0.3 is 14.8 Å². The van der Waals surface area contributed by atoms with Crippen LogP contribution in [0, 0.1) is 13.8 Å². The van der Waals surface area contributed by atoms with Crippen LogP contribution in [0.3, 0.4) is 0 Å². The number of aromatic nitrogens is 1. The largest absolute Gasteiger partial charge is 0.346 e. The van der Waals surface area contributed by atoms with E-state index >= 15 is 0 Å². The molecule has 0 unspecified atom stereocenters. The summed E-state index contributed by atoms with van der Waals surface area (Å²) in [6, 6.07) is 10.2. The molecule has 1 aromatic carbocycles. The number of anilines is 2. The molecule has 27 heavy (non-hydrogen) atoms. The summed E-state index contributed by atoms with van der Waals surface area (Å²) in [5.41, 5.74) is 5.18. The van der Waals surface area contributed by atoms with Gasteiger partial charge in [0, 0.05) is 47.8 Å². The van der Waals surface area contributed by atoms with E-state index in [1.165, 1.54) is 24.2 Å². The highest BCUT2D eigenvalue weighted by Gasteiger charge is 2.26. The lowest BCUT2D eigenvalue weighted by atomic mass is 10.2. The molecule has 1 saturated heterocycles. The molecular weight excluding hydrogens is 338 g/mol. The van der Waals surface area contributed by atoms with Crippen molar-refractivity contribution in [3.8, 4) is 0 Å². The van der Waals surface area contributed by atoms with Crippen LogP contribution in [0.4, 0.5) is 11.4 Å². The van der Waals surface area contributed by atoms with Gasteiger partial charge in [-0.25, -0.2) is 0 Å². The van der Waals surface area contributed by atoms with Crippen molar-refractivity contribution < 1.29 is 9.59 Å². The number of carbonyl (C=O) groups excluding carboxylic acids is 2. The highest BCUT2D eigenvalue weighted by Crippen LogP contribution is 2.38. The molecule has 2 aliphatic rings. The summed E-state index contributed by atoms with van der Waals surface area (Å²) < 4.78 is 2.37. The molecule has 140 valence electrons. The normalized spacial score (nSPS) is 17.1. The average molecular weight is 363 g/mol. The third kappa shape index (κ3) is 3.68. The summed E-state index contributed by atoms with van der Waals surface area (Å²) in [5.74, 6) is 0.00902. The average Bonchev–Trinajstić information content (AvgIpc) is 3.32. The fourth-order valence-corrected chi connectivity index (χ4v) is 3.86. The van der Waals surface area contributed by atoms with E-state index in [4.69, 9.17) is 0 Å². The third-order valence-electron chi connectivity index (χ3n) is 5.37. The van der Waals surface area contributed by atoms with Gasteiger partial charge in [-0.05, 0) is 75.1 Å². The van der Waals surface area contributed by atoms with Gasteiger partial charge in [0.15, 0.2) is 0 Å². The second-order valence-corrected chi connectivity index (χ2v) is 7.45. The van der Waals surface area contributed by atoms with Gasteiger partial charge in [-0.2, -0.15) is 0 Å². The molecule has 5 nitrogen and oxygen atoms in total. The summed E-state index contributed by atoms with van der Waals surface area (Å²) in [4.78, 5) is 25.9. The number of rotatable bonds is 5. The van der Waals surface area contributed by atoms with Crippen molar-refractivity contribution in [2.45, 2.75) is 45.6 Å². The summed E-state index contributed by atoms with van der Waals surface area (Å²) >= 11 is 0. The van der Waals surface area contributed by atoms with Crippen LogP contribution in [0.2, 0.25) is 0 Å². The zero-order valence-corrected chi connectivity index (χ0v) is 15.9. The predicted octanol–water partition coefficient (Wildman–Crippen LogP) is 4.22. The Hall–Kier alpha value is -2.82. The van der Waals surface area contributed by atoms with Gasteiger partial charge in [0.05, 0.1) is 0 Å². The van der Waals surface area contributed by atoms with Crippen LogP contribution in [0.5, 0.6) is 0 Å². The van der Waals surface area contributed by atoms with Crippen LogP contribution in [0.25, 0.3) is 6.08 Å². The van der Waals surface area contributed by atoms with Crippen LogP contribution >= 0.6 is 0 Å². The minimum absolute atomic E-state index is 0.156. The first-order valence-electron chi connectivity index (χ1n) is 9.61. The summed E-state index contributed by atoms with van der Waals surface area (Å²) in [6.07, 6.45) is 7.48. The number of hydrogen-bond donors (Lipinski definition) is 1. The first kappa shape index (κ1) is 17.6. The predicted molar refractivity (Wildman–Crippen MR) is 108 cm³/mol. The molecule has 0 radical (unpaired) electrons. The van der Waals surface area contributed by atoms with Crippen molar-refractivity contribution in [3.05, 3.63) is 53.4 Å². The molecule has 0 atom stereocenters. The van der Waals surface area contributed by atoms with Crippen molar-refractivity contribution in [1.82, 2.24) is 4.57 Å². The summed E-state index contributed by atoms with van der Waals surface area (Å²) in [5, 5.41) is 2.88. The maximum absolute atomic E-state index is 12.3. The minimum atomic E-state index is -0.156. The zero-order chi connectivity index (χ0) is 19.0. The molecule has 1 aliphatic carbocycles. The van der Waals surface area contributed by atoms with Crippen molar-refractivity contribution in [2.75, 3.05) is 16.8 Å². The van der Waals surface area contributed by atoms with E-state index < -0.39 is 0 Å². The maximum atomic E-state index is 12.3. The van der Waals surface area contributed by atoms with Crippen LogP contribution < -0.4 is 10.2 Å². The van der Waals surface area contributed by atoms with Crippen LogP contribution in [-0.4, -0.2) is 22.9 Å². The molecule has 2 aromatic rings. The van der Waals surface area contributed by atoms with Crippen molar-refractivity contribution in [2.24, 2.45) is 0 Å². The number of nitrogens with one attached hydrogen (secondary N) is 1. The lowest BCUT2D eigenvalue weighted by molar-refractivity contribution is -0.117. The number of aryl methyl sites for hydroxylation is 1. The fraction of sp³-hybridized carbons (Fsp3) is 0.364. The fourth-order valence-electron chi connectivity index (χ4n) is 3.86. The Morgan fingerprint density at radius 1 is 1.19 bits per heavy atom. The van der Waals surface area contributed by atoms with Crippen molar-refractivity contribution >= 4 is 29.3 Å². The maximum Gasteiger partial charge on any atom is 0.248 e. The van der Waals surface area contributed by atoms with Crippen LogP contribution in [-0.2, 0) is 9.59 Å². The first-order valence-corrected chi connectivity index (χ1v) is 9.61. The third-order valence-corrected chi connectivity index (χ3v) is 5.37. The molecule has 5 heteroatoms. The molecule has 4 rings (SSSR count). The standard InChI is InChI=1S/C22H25N3O2/c1-15-14-17(16(2)25(15)20-10-11-20)5-12-21(26)23-18-6-8-19(9-7-18)24-13-3-4-22(24)27/h5-9,12,14,20H,3-4,10-11,13H2,1-2H3,(H,23,26)/b12-5+. The smallest absolute Gasteiger partial charge is 0.248 e. The lowest BCUT2D eigenvalue weighted by Crippen LogP contribution is -2.23. The van der Waals surface area contributed by atoms with Gasteiger partial charge in [0.2, 0.25) is 11.8 Å². The Morgan fingerprint density at radius 2 is 1.93 bits per heavy atom. The Kier molecular flexibility index (Phi) is 4.60. The Morgan fingerprint density at radius 3 is 2.56 bits per heavy atom. The van der Waals surface area contributed by atoms with Gasteiger partial charge in [0.1, 0.15) is 0 Å². The van der Waals surface area contributed by atoms with Crippen LogP contribution in [0.15, 0.2) is 36.4 Å². The number of nitrogens with zero attached hydrogens (tertiary/aromatic N) is 2. The molecule has 1 N–H and O–H groups in total. The van der Waals surface area contributed by atoms with Gasteiger partial charge in [-0.1, -0.05) is 0 Å². The second-order valence-electron chi connectivity index (χ2n) is 7.45. The van der Waals surface area contributed by atoms with E-state index in [1.54, 1.807) is 11.0 Å². The topological polar surface area (TPSA) is 54.3 Å². The molecule has 2 amide bonds. The zero-order valence-electron chi connectivity index (χ0n) is 15.9. The second kappa shape index (κ2) is 7.06. The minimum Gasteiger partial charge on any atom is -0.346 e. The Balaban J connectivity index is 1.40. The molecule has 1 saturated carbocycles. The van der Waals surface area contributed by atoms with Crippen LogP contribution in [0.1, 0.15) is 48.7 Å². The SMILES string of the molecule is Cc1cc(/C=C/C(=O)Nc2ccc(N3CCCC3=O)cc2)c(C)n1C1CC1. The van der Waals surface area contributed by atoms with E-state index in [9.17, 15) is 9.59 Å². The van der Waals surface area contributed by atoms with Crippen molar-refractivity contribution in [3.63, 3.8) is 0 Å². The van der Waals surface area contributed by atoms with E-state index in [2.05, 4.69) is 29.8 Å². The number of hydrogen-bond acceptors (Lipinski definition) is 2. The quantitative estimate of drug-likeness (QED) is 0.809. The van der Waals surface area contributed by atoms with E-state index in [0.29, 0.717) is 12.5 Å². The Bertz CT molecular complexity index is 904. The molecule has 1 aliphatic heterocycles. The highest BCUT2D eigenvalue weighted by atomic mass is 16.2. The lowest BCUT2D eigenvalue weighted by Gasteiger charge is -2.15. The van der Waals surface area contributed by atoms with Gasteiger partial charge in [-0.3, -0.25) is 9.59 Å². The molecule has 0 spiro atoms. The molecule has 0 bridgehead atoms. The Labute approximate surface area is 159 Å². The first-order chi connectivity index (χ1) is 13.0.